The maximum absolute atomic E-state index is 13.0. The Morgan fingerprint density at radius 1 is 1.20 bits per heavy atom. The lowest BCUT2D eigenvalue weighted by Crippen LogP contribution is -2.34. The van der Waals surface area contributed by atoms with Crippen LogP contribution in [0.3, 0.4) is 0 Å². The molecule has 1 aliphatic rings. The summed E-state index contributed by atoms with van der Waals surface area (Å²) in [5, 5.41) is 3.14. The first-order valence-electron chi connectivity index (χ1n) is 7.69. The van der Waals surface area contributed by atoms with Crippen LogP contribution >= 0.6 is 12.4 Å². The number of anilines is 1. The topological polar surface area (TPSA) is 105 Å². The third-order valence-electron chi connectivity index (χ3n) is 3.75. The van der Waals surface area contributed by atoms with Crippen molar-refractivity contribution >= 4 is 38.1 Å². The fourth-order valence-electron chi connectivity index (χ4n) is 2.38. The van der Waals surface area contributed by atoms with Crippen LogP contribution in [-0.4, -0.2) is 60.2 Å². The zero-order valence-corrected chi connectivity index (χ0v) is 16.6. The highest BCUT2D eigenvalue weighted by Gasteiger charge is 2.29. The number of methoxy groups -OCH3 is 1. The summed E-state index contributed by atoms with van der Waals surface area (Å²) in [5.41, 5.74) is 0.00778. The fourth-order valence-corrected chi connectivity index (χ4v) is 4.70. The quantitative estimate of drug-likeness (QED) is 0.716. The zero-order valence-electron chi connectivity index (χ0n) is 14.2. The van der Waals surface area contributed by atoms with E-state index in [2.05, 4.69) is 10.0 Å². The summed E-state index contributed by atoms with van der Waals surface area (Å²) >= 11 is 0. The lowest BCUT2D eigenvalue weighted by Gasteiger charge is -2.22. The molecule has 2 N–H and O–H groups in total. The summed E-state index contributed by atoms with van der Waals surface area (Å²) < 4.78 is 58.5. The van der Waals surface area contributed by atoms with Crippen LogP contribution < -0.4 is 14.8 Å². The van der Waals surface area contributed by atoms with Gasteiger partial charge in [0.15, 0.2) is 0 Å². The summed E-state index contributed by atoms with van der Waals surface area (Å²) in [4.78, 5) is -0.0674. The van der Waals surface area contributed by atoms with Gasteiger partial charge in [0.2, 0.25) is 20.0 Å². The van der Waals surface area contributed by atoms with Crippen LogP contribution in [0.4, 0.5) is 5.69 Å². The monoisotopic (exact) mass is 413 g/mol. The summed E-state index contributed by atoms with van der Waals surface area (Å²) in [6.45, 7) is 3.53. The number of halogens is 1. The Bertz CT molecular complexity index is 776. The van der Waals surface area contributed by atoms with Gasteiger partial charge in [0.1, 0.15) is 10.6 Å². The highest BCUT2D eigenvalue weighted by atomic mass is 35.5. The van der Waals surface area contributed by atoms with E-state index in [1.807, 2.05) is 0 Å². The standard InChI is InChI=1S/C14H23N3O5S2.ClH/c1-3-23(18,19)16-13-11-12(22-2)5-6-14(13)24(20,21)17-9-4-7-15-8-10-17;/h5-6,11,15-16H,3-4,7-10H2,1-2H3;1H. The van der Waals surface area contributed by atoms with Crippen molar-refractivity contribution in [3.05, 3.63) is 18.2 Å². The van der Waals surface area contributed by atoms with Crippen LogP contribution in [0.2, 0.25) is 0 Å². The molecule has 144 valence electrons. The Morgan fingerprint density at radius 3 is 2.56 bits per heavy atom. The molecule has 0 bridgehead atoms. The van der Waals surface area contributed by atoms with Gasteiger partial charge >= 0.3 is 0 Å². The Hall–Kier alpha value is -1.07. The van der Waals surface area contributed by atoms with Gasteiger partial charge in [0.05, 0.1) is 18.6 Å². The molecular weight excluding hydrogens is 390 g/mol. The molecule has 1 aromatic rings. The second kappa shape index (κ2) is 9.04. The fraction of sp³-hybridized carbons (Fsp3) is 0.571. The summed E-state index contributed by atoms with van der Waals surface area (Å²) in [7, 11) is -6.00. The van der Waals surface area contributed by atoms with Crippen molar-refractivity contribution in [1.82, 2.24) is 9.62 Å². The average Bonchev–Trinajstić information content (AvgIpc) is 2.84. The number of hydrogen-bond donors (Lipinski definition) is 2. The molecule has 1 aliphatic heterocycles. The third kappa shape index (κ3) is 5.45. The first-order chi connectivity index (χ1) is 11.3. The van der Waals surface area contributed by atoms with Crippen LogP contribution in [0.25, 0.3) is 0 Å². The first kappa shape index (κ1) is 22.0. The molecule has 2 rings (SSSR count). The molecule has 0 atom stereocenters. The number of nitrogens with zero attached hydrogens (tertiary/aromatic N) is 1. The minimum atomic E-state index is -3.81. The second-order valence-corrected chi connectivity index (χ2v) is 9.29. The highest BCUT2D eigenvalue weighted by molar-refractivity contribution is 7.93. The van der Waals surface area contributed by atoms with Crippen LogP contribution in [0.1, 0.15) is 13.3 Å². The van der Waals surface area contributed by atoms with E-state index in [1.54, 1.807) is 0 Å². The zero-order chi connectivity index (χ0) is 17.8. The smallest absolute Gasteiger partial charge is 0.245 e. The molecule has 0 amide bonds. The largest absolute Gasteiger partial charge is 0.497 e. The van der Waals surface area contributed by atoms with E-state index in [4.69, 9.17) is 4.74 Å². The van der Waals surface area contributed by atoms with Gasteiger partial charge in [0.25, 0.3) is 0 Å². The summed E-state index contributed by atoms with van der Waals surface area (Å²) in [5.74, 6) is 0.220. The summed E-state index contributed by atoms with van der Waals surface area (Å²) in [6.07, 6.45) is 0.700. The molecule has 1 aromatic carbocycles. The van der Waals surface area contributed by atoms with Gasteiger partial charge in [-0.3, -0.25) is 4.72 Å². The van der Waals surface area contributed by atoms with E-state index in [0.717, 1.165) is 6.54 Å². The molecule has 0 aromatic heterocycles. The van der Waals surface area contributed by atoms with Gasteiger partial charge in [-0.2, -0.15) is 4.31 Å². The molecule has 1 fully saturated rings. The number of rotatable bonds is 6. The van der Waals surface area contributed by atoms with E-state index in [1.165, 1.54) is 36.5 Å². The van der Waals surface area contributed by atoms with Gasteiger partial charge in [0, 0.05) is 25.7 Å². The Kier molecular flexibility index (Phi) is 7.94. The van der Waals surface area contributed by atoms with Crippen molar-refractivity contribution < 1.29 is 21.6 Å². The maximum atomic E-state index is 13.0. The van der Waals surface area contributed by atoms with Gasteiger partial charge in [-0.25, -0.2) is 16.8 Å². The van der Waals surface area contributed by atoms with Crippen LogP contribution in [0.15, 0.2) is 23.1 Å². The molecule has 11 heteroatoms. The predicted octanol–water partition coefficient (Wildman–Crippen LogP) is 0.863. The van der Waals surface area contributed by atoms with Gasteiger partial charge < -0.3 is 10.1 Å². The molecule has 1 saturated heterocycles. The first-order valence-corrected chi connectivity index (χ1v) is 10.8. The number of sulfonamides is 2. The van der Waals surface area contributed by atoms with Crippen LogP contribution in [-0.2, 0) is 20.0 Å². The SMILES string of the molecule is CCS(=O)(=O)Nc1cc(OC)ccc1S(=O)(=O)N1CCCNCC1.Cl. The Balaban J connectivity index is 0.00000312. The predicted molar refractivity (Wildman–Crippen MR) is 99.6 cm³/mol. The van der Waals surface area contributed by atoms with Gasteiger partial charge in [-0.15, -0.1) is 12.4 Å². The van der Waals surface area contributed by atoms with Crippen molar-refractivity contribution in [2.75, 3.05) is 43.8 Å². The maximum Gasteiger partial charge on any atom is 0.245 e. The number of nitrogens with one attached hydrogen (secondary N) is 2. The minimum Gasteiger partial charge on any atom is -0.497 e. The molecule has 0 spiro atoms. The Morgan fingerprint density at radius 2 is 1.92 bits per heavy atom. The highest BCUT2D eigenvalue weighted by Crippen LogP contribution is 2.30. The molecule has 0 aliphatic carbocycles. The molecule has 0 unspecified atom stereocenters. The van der Waals surface area contributed by atoms with E-state index in [0.29, 0.717) is 31.8 Å². The molecular formula is C14H24ClN3O5S2. The van der Waals surface area contributed by atoms with Crippen molar-refractivity contribution in [1.29, 1.82) is 0 Å². The lowest BCUT2D eigenvalue weighted by molar-refractivity contribution is 0.414. The normalized spacial score (nSPS) is 16.6. The van der Waals surface area contributed by atoms with Gasteiger partial charge in [-0.1, -0.05) is 0 Å². The van der Waals surface area contributed by atoms with Gasteiger partial charge in [-0.05, 0) is 32.0 Å². The van der Waals surface area contributed by atoms with Crippen LogP contribution in [0.5, 0.6) is 5.75 Å². The number of hydrogen-bond acceptors (Lipinski definition) is 6. The van der Waals surface area contributed by atoms with E-state index >= 15 is 0 Å². The van der Waals surface area contributed by atoms with E-state index in [9.17, 15) is 16.8 Å². The molecule has 25 heavy (non-hydrogen) atoms. The van der Waals surface area contributed by atoms with Crippen molar-refractivity contribution in [2.24, 2.45) is 0 Å². The van der Waals surface area contributed by atoms with Crippen molar-refractivity contribution in [3.8, 4) is 5.75 Å². The molecule has 1 heterocycles. The number of ether oxygens (including phenoxy) is 1. The summed E-state index contributed by atoms with van der Waals surface area (Å²) in [6, 6.07) is 4.27. The molecule has 0 radical (unpaired) electrons. The van der Waals surface area contributed by atoms with Crippen molar-refractivity contribution in [2.45, 2.75) is 18.2 Å². The average molecular weight is 414 g/mol. The second-order valence-electron chi connectivity index (χ2n) is 5.38. The Labute approximate surface area is 155 Å². The lowest BCUT2D eigenvalue weighted by atomic mass is 10.3. The van der Waals surface area contributed by atoms with Crippen LogP contribution in [0, 0.1) is 0 Å². The van der Waals surface area contributed by atoms with E-state index < -0.39 is 20.0 Å². The molecule has 8 nitrogen and oxygen atoms in total. The van der Waals surface area contributed by atoms with Crippen molar-refractivity contribution in [3.63, 3.8) is 0 Å². The van der Waals surface area contributed by atoms with E-state index in [-0.39, 0.29) is 28.7 Å². The number of benzene rings is 1. The third-order valence-corrected chi connectivity index (χ3v) is 7.00. The minimum absolute atomic E-state index is 0. The molecule has 0 saturated carbocycles.